The molecule has 8 nitrogen and oxygen atoms in total. The van der Waals surface area contributed by atoms with Gasteiger partial charge in [-0.1, -0.05) is 18.6 Å². The number of likely N-dealkylation sites (tertiary alicyclic amines) is 1. The number of nitrogens with two attached hydrogens (primary N) is 1. The number of sulfonamides is 1. The predicted molar refractivity (Wildman–Crippen MR) is 127 cm³/mol. The van der Waals surface area contributed by atoms with Crippen LogP contribution in [-0.4, -0.2) is 44.1 Å². The number of carbonyl (C=O) groups is 2. The largest absolute Gasteiger partial charge is 0.365 e. The maximum Gasteiger partial charge on any atom is 0.285 e. The molecule has 33 heavy (non-hydrogen) atoms. The van der Waals surface area contributed by atoms with Gasteiger partial charge in [0.1, 0.15) is 9.90 Å². The van der Waals surface area contributed by atoms with E-state index in [2.05, 4.69) is 9.71 Å². The number of hydrogen-bond acceptors (Lipinski definition) is 6. The van der Waals surface area contributed by atoms with E-state index in [4.69, 9.17) is 5.73 Å². The number of piperidine rings is 1. The number of primary amides is 1. The number of fused-ring (bicyclic) bond motifs is 2. The average Bonchev–Trinajstić information content (AvgIpc) is 3.17. The maximum atomic E-state index is 13.2. The highest BCUT2D eigenvalue weighted by atomic mass is 32.2. The summed E-state index contributed by atoms with van der Waals surface area (Å²) in [6, 6.07) is 6.78. The summed E-state index contributed by atoms with van der Waals surface area (Å²) in [5.74, 6) is -0.617. The van der Waals surface area contributed by atoms with Crippen LogP contribution in [0.4, 0.5) is 5.00 Å². The van der Waals surface area contributed by atoms with Crippen LogP contribution in [0.3, 0.4) is 0 Å². The number of anilines is 1. The van der Waals surface area contributed by atoms with Gasteiger partial charge < -0.3 is 16.0 Å². The van der Waals surface area contributed by atoms with E-state index >= 15 is 0 Å². The van der Waals surface area contributed by atoms with Gasteiger partial charge in [0.25, 0.3) is 15.9 Å². The van der Waals surface area contributed by atoms with E-state index in [0.29, 0.717) is 41.5 Å². The van der Waals surface area contributed by atoms with Crippen molar-refractivity contribution in [2.75, 3.05) is 18.4 Å². The molecular formula is C23H26N4O4S2. The smallest absolute Gasteiger partial charge is 0.285 e. The predicted octanol–water partition coefficient (Wildman–Crippen LogP) is 2.92. The number of amides is 2. The molecule has 1 saturated heterocycles. The Labute approximate surface area is 196 Å². The molecule has 10 heteroatoms. The molecule has 1 unspecified atom stereocenters. The van der Waals surface area contributed by atoms with Gasteiger partial charge in [0.05, 0.1) is 11.5 Å². The third-order valence-corrected chi connectivity index (χ3v) is 9.14. The van der Waals surface area contributed by atoms with Crippen molar-refractivity contribution in [3.63, 3.8) is 0 Å². The number of amidine groups is 1. The second-order valence-electron chi connectivity index (χ2n) is 8.79. The highest BCUT2D eigenvalue weighted by Crippen LogP contribution is 2.38. The topological polar surface area (TPSA) is 122 Å². The third-order valence-electron chi connectivity index (χ3n) is 6.61. The summed E-state index contributed by atoms with van der Waals surface area (Å²) >= 11 is 1.46. The van der Waals surface area contributed by atoms with Crippen LogP contribution in [0.15, 0.2) is 33.6 Å². The van der Waals surface area contributed by atoms with Crippen molar-refractivity contribution >= 4 is 44.0 Å². The quantitative estimate of drug-likeness (QED) is 0.646. The normalized spacial score (nSPS) is 21.5. The fourth-order valence-corrected chi connectivity index (χ4v) is 7.53. The molecular weight excluding hydrogens is 460 g/mol. The fourth-order valence-electron chi connectivity index (χ4n) is 5.01. The molecule has 0 spiro atoms. The Kier molecular flexibility index (Phi) is 5.74. The lowest BCUT2D eigenvalue weighted by atomic mass is 9.96. The Bertz CT molecular complexity index is 1270. The zero-order valence-corrected chi connectivity index (χ0v) is 19.8. The van der Waals surface area contributed by atoms with E-state index < -0.39 is 15.9 Å². The van der Waals surface area contributed by atoms with Gasteiger partial charge in [0, 0.05) is 23.5 Å². The second kappa shape index (κ2) is 8.57. The van der Waals surface area contributed by atoms with Crippen LogP contribution in [0.1, 0.15) is 58.5 Å². The molecule has 3 aliphatic rings. The number of thiophene rings is 1. The lowest BCUT2D eigenvalue weighted by Crippen LogP contribution is -2.43. The van der Waals surface area contributed by atoms with Crippen LogP contribution in [0, 0.1) is 5.92 Å². The van der Waals surface area contributed by atoms with E-state index in [-0.39, 0.29) is 16.7 Å². The lowest BCUT2D eigenvalue weighted by Gasteiger charge is -2.33. The summed E-state index contributed by atoms with van der Waals surface area (Å²) < 4.78 is 28.9. The van der Waals surface area contributed by atoms with Gasteiger partial charge in [-0.05, 0) is 56.2 Å². The number of rotatable bonds is 3. The number of carbonyl (C=O) groups excluding carboxylic acids is 2. The molecule has 3 heterocycles. The fraction of sp³-hybridized carbons (Fsp3) is 0.435. The summed E-state index contributed by atoms with van der Waals surface area (Å²) in [4.78, 5) is 28.7. The van der Waals surface area contributed by atoms with Crippen molar-refractivity contribution in [2.45, 2.75) is 49.8 Å². The molecule has 1 aliphatic carbocycles. The van der Waals surface area contributed by atoms with Crippen LogP contribution < -0.4 is 11.1 Å². The summed E-state index contributed by atoms with van der Waals surface area (Å²) in [5.41, 5.74) is 7.73. The van der Waals surface area contributed by atoms with Crippen molar-refractivity contribution in [1.82, 2.24) is 4.90 Å². The zero-order chi connectivity index (χ0) is 23.2. The molecule has 0 radical (unpaired) electrons. The monoisotopic (exact) mass is 486 g/mol. The van der Waals surface area contributed by atoms with Gasteiger partial charge in [-0.15, -0.1) is 15.7 Å². The Morgan fingerprint density at radius 1 is 1.12 bits per heavy atom. The van der Waals surface area contributed by atoms with Crippen LogP contribution in [-0.2, 0) is 27.7 Å². The first-order valence-corrected chi connectivity index (χ1v) is 13.6. The second-order valence-corrected chi connectivity index (χ2v) is 11.5. The minimum absolute atomic E-state index is 0.173. The molecule has 1 aromatic heterocycles. The number of nitrogens with zero attached hydrogens (tertiary/aromatic N) is 2. The van der Waals surface area contributed by atoms with Crippen molar-refractivity contribution in [3.8, 4) is 0 Å². The van der Waals surface area contributed by atoms with Crippen molar-refractivity contribution in [3.05, 3.63) is 45.8 Å². The molecule has 2 aliphatic heterocycles. The van der Waals surface area contributed by atoms with Crippen LogP contribution in [0.25, 0.3) is 0 Å². The number of hydrogen-bond donors (Lipinski definition) is 2. The molecule has 174 valence electrons. The zero-order valence-electron chi connectivity index (χ0n) is 18.2. The molecule has 0 bridgehead atoms. The van der Waals surface area contributed by atoms with Crippen molar-refractivity contribution < 1.29 is 18.0 Å². The molecule has 3 N–H and O–H groups in total. The van der Waals surface area contributed by atoms with Gasteiger partial charge in [0.15, 0.2) is 5.84 Å². The van der Waals surface area contributed by atoms with E-state index in [1.54, 1.807) is 24.3 Å². The summed E-state index contributed by atoms with van der Waals surface area (Å²) in [7, 11) is -3.71. The Morgan fingerprint density at radius 2 is 1.91 bits per heavy atom. The van der Waals surface area contributed by atoms with Gasteiger partial charge in [-0.3, -0.25) is 9.59 Å². The number of nitrogens with one attached hydrogen (secondary N) is 1. The molecule has 1 fully saturated rings. The number of aryl methyl sites for hydroxylation is 1. The van der Waals surface area contributed by atoms with Gasteiger partial charge >= 0.3 is 0 Å². The Hall–Kier alpha value is -2.72. The third kappa shape index (κ3) is 4.06. The Balaban J connectivity index is 1.37. The first-order valence-electron chi connectivity index (χ1n) is 11.3. The van der Waals surface area contributed by atoms with E-state index in [0.717, 1.165) is 49.0 Å². The standard InChI is InChI=1S/C23H26N4O4S2/c24-20(28)19-15-8-2-1-3-10-17(15)32-23(19)25-22(29)14-7-6-12-27(13-14)21-16-9-4-5-11-18(16)33(30,31)26-21/h4-5,9,11,14H,1-3,6-8,10,12-13H2,(H2,24,28)(H,25,29). The number of benzene rings is 1. The molecule has 2 aromatic rings. The first-order chi connectivity index (χ1) is 15.8. The first kappa shape index (κ1) is 22.1. The Morgan fingerprint density at radius 3 is 2.73 bits per heavy atom. The minimum Gasteiger partial charge on any atom is -0.365 e. The highest BCUT2D eigenvalue weighted by Gasteiger charge is 2.35. The van der Waals surface area contributed by atoms with Gasteiger partial charge in [-0.2, -0.15) is 8.42 Å². The molecule has 1 aromatic carbocycles. The molecule has 5 rings (SSSR count). The van der Waals surface area contributed by atoms with Gasteiger partial charge in [-0.25, -0.2) is 0 Å². The highest BCUT2D eigenvalue weighted by molar-refractivity contribution is 7.90. The van der Waals surface area contributed by atoms with E-state index in [9.17, 15) is 18.0 Å². The van der Waals surface area contributed by atoms with Crippen molar-refractivity contribution in [2.24, 2.45) is 16.0 Å². The minimum atomic E-state index is -3.71. The van der Waals surface area contributed by atoms with E-state index in [1.807, 2.05) is 4.90 Å². The maximum absolute atomic E-state index is 13.2. The van der Waals surface area contributed by atoms with Crippen LogP contribution in [0.5, 0.6) is 0 Å². The molecule has 0 saturated carbocycles. The SMILES string of the molecule is NC(=O)c1c(NC(=O)C2CCCN(C3=NS(=O)(=O)c4ccccc43)C2)sc2c1CCCCC2. The summed E-state index contributed by atoms with van der Waals surface area (Å²) in [6.45, 7) is 0.998. The lowest BCUT2D eigenvalue weighted by molar-refractivity contribution is -0.121. The molecule has 2 amide bonds. The van der Waals surface area contributed by atoms with Gasteiger partial charge in [0.2, 0.25) is 5.91 Å². The van der Waals surface area contributed by atoms with Crippen molar-refractivity contribution in [1.29, 1.82) is 0 Å². The summed E-state index contributed by atoms with van der Waals surface area (Å²) in [5, 5.41) is 3.52. The molecule has 1 atom stereocenters. The average molecular weight is 487 g/mol. The summed E-state index contributed by atoms with van der Waals surface area (Å²) in [6.07, 6.45) is 6.35. The van der Waals surface area contributed by atoms with Crippen LogP contribution in [0.2, 0.25) is 0 Å². The van der Waals surface area contributed by atoms with E-state index in [1.165, 1.54) is 11.3 Å². The van der Waals surface area contributed by atoms with Crippen LogP contribution >= 0.6 is 11.3 Å².